The van der Waals surface area contributed by atoms with E-state index >= 15 is 0 Å². The van der Waals surface area contributed by atoms with E-state index in [1.54, 1.807) is 6.92 Å². The molecule has 0 aromatic rings. The molecule has 0 fully saturated rings. The Labute approximate surface area is 206 Å². The molecule has 0 saturated carbocycles. The highest BCUT2D eigenvalue weighted by molar-refractivity contribution is 7.47. The van der Waals surface area contributed by atoms with Crippen LogP contribution in [0.15, 0.2) is 0 Å². The van der Waals surface area contributed by atoms with E-state index in [1.807, 2.05) is 0 Å². The van der Waals surface area contributed by atoms with Crippen LogP contribution in [0.2, 0.25) is 0 Å². The molecule has 0 saturated heterocycles. The van der Waals surface area contributed by atoms with Gasteiger partial charge in [0.05, 0.1) is 13.2 Å². The maximum Gasteiger partial charge on any atom is 0.472 e. The fourth-order valence-electron chi connectivity index (χ4n) is 3.31. The first-order valence-electron chi connectivity index (χ1n) is 13.0. The maximum atomic E-state index is 12.0. The Balaban J connectivity index is 3.91. The van der Waals surface area contributed by atoms with Gasteiger partial charge in [-0.25, -0.2) is 4.57 Å². The number of ether oxygens (including phenoxy) is 2. The van der Waals surface area contributed by atoms with E-state index in [1.165, 1.54) is 64.2 Å². The molecule has 0 radical (unpaired) electrons. The summed E-state index contributed by atoms with van der Waals surface area (Å²) < 4.78 is 31.5. The minimum absolute atomic E-state index is 0.0545. The quantitative estimate of drug-likeness (QED) is 0.0992. The molecule has 0 aromatic heterocycles. The van der Waals surface area contributed by atoms with E-state index in [0.717, 1.165) is 19.3 Å². The average molecular weight is 510 g/mol. The molecule has 3 N–H and O–H groups in total. The molecular weight excluding hydrogens is 461 g/mol. The van der Waals surface area contributed by atoms with Gasteiger partial charge in [0.1, 0.15) is 6.61 Å². The number of rotatable bonds is 24. The molecule has 9 nitrogen and oxygen atoms in total. The van der Waals surface area contributed by atoms with Gasteiger partial charge in [-0.2, -0.15) is 0 Å². The predicted molar refractivity (Wildman–Crippen MR) is 132 cm³/mol. The number of hydrogen-bond donors (Lipinski definition) is 2. The Kier molecular flexibility index (Phi) is 21.8. The molecule has 0 aliphatic heterocycles. The lowest BCUT2D eigenvalue weighted by molar-refractivity contribution is -0.161. The highest BCUT2D eigenvalue weighted by Crippen LogP contribution is 2.43. The molecule has 0 spiro atoms. The van der Waals surface area contributed by atoms with Crippen LogP contribution in [0.3, 0.4) is 0 Å². The van der Waals surface area contributed by atoms with Gasteiger partial charge < -0.3 is 20.1 Å². The second kappa shape index (κ2) is 22.5. The fraction of sp³-hybridized carbons (Fsp3) is 0.917. The SMILES string of the molecule is CCCCCCCCCCCCCCCC(=O)OC[C@H](COP(=O)(O)OCCN)OC(=O)CC. The minimum atomic E-state index is -4.32. The van der Waals surface area contributed by atoms with Gasteiger partial charge in [0.15, 0.2) is 6.10 Å². The van der Waals surface area contributed by atoms with Gasteiger partial charge in [0.25, 0.3) is 0 Å². The van der Waals surface area contributed by atoms with Gasteiger partial charge in [-0.1, -0.05) is 90.9 Å². The molecule has 0 amide bonds. The first-order chi connectivity index (χ1) is 16.3. The molecule has 0 aliphatic rings. The number of carbonyl (C=O) groups is 2. The van der Waals surface area contributed by atoms with Gasteiger partial charge in [-0.05, 0) is 6.42 Å². The van der Waals surface area contributed by atoms with Gasteiger partial charge in [0, 0.05) is 19.4 Å². The standard InChI is InChI=1S/C24H48NO8P/c1-3-5-6-7-8-9-10-11-12-13-14-15-16-17-24(27)30-20-22(33-23(26)4-2)21-32-34(28,29)31-19-18-25/h22H,3-21,25H2,1-2H3,(H,28,29)/t22-/m1/s1. The summed E-state index contributed by atoms with van der Waals surface area (Å²) in [5.74, 6) is -0.927. The molecule has 0 aromatic carbocycles. The smallest absolute Gasteiger partial charge is 0.462 e. The lowest BCUT2D eigenvalue weighted by atomic mass is 10.0. The Morgan fingerprint density at radius 2 is 1.32 bits per heavy atom. The van der Waals surface area contributed by atoms with Crippen molar-refractivity contribution in [3.05, 3.63) is 0 Å². The number of hydrogen-bond acceptors (Lipinski definition) is 8. The van der Waals surface area contributed by atoms with Crippen LogP contribution < -0.4 is 5.73 Å². The van der Waals surface area contributed by atoms with Crippen molar-refractivity contribution in [1.29, 1.82) is 0 Å². The summed E-state index contributed by atoms with van der Waals surface area (Å²) in [5.41, 5.74) is 5.23. The first-order valence-corrected chi connectivity index (χ1v) is 14.5. The van der Waals surface area contributed by atoms with Crippen molar-refractivity contribution in [2.75, 3.05) is 26.4 Å². The van der Waals surface area contributed by atoms with Crippen molar-refractivity contribution in [3.8, 4) is 0 Å². The highest BCUT2D eigenvalue weighted by atomic mass is 31.2. The minimum Gasteiger partial charge on any atom is -0.462 e. The topological polar surface area (TPSA) is 134 Å². The fourth-order valence-corrected chi connectivity index (χ4v) is 4.08. The number of phosphoric acid groups is 1. The lowest BCUT2D eigenvalue weighted by Gasteiger charge is -2.19. The summed E-state index contributed by atoms with van der Waals surface area (Å²) in [5, 5.41) is 0. The van der Waals surface area contributed by atoms with Gasteiger partial charge >= 0.3 is 19.8 Å². The predicted octanol–water partition coefficient (Wildman–Crippen LogP) is 5.43. The maximum absolute atomic E-state index is 12.0. The number of unbranched alkanes of at least 4 members (excludes halogenated alkanes) is 12. The zero-order valence-electron chi connectivity index (χ0n) is 21.3. The molecule has 0 bridgehead atoms. The molecule has 202 valence electrons. The van der Waals surface area contributed by atoms with Crippen LogP contribution in [-0.4, -0.2) is 49.3 Å². The van der Waals surface area contributed by atoms with Crippen LogP contribution >= 0.6 is 7.82 Å². The molecule has 0 aliphatic carbocycles. The normalized spacial score (nSPS) is 13.9. The Morgan fingerprint density at radius 3 is 1.82 bits per heavy atom. The van der Waals surface area contributed by atoms with Gasteiger partial charge in [-0.3, -0.25) is 18.6 Å². The van der Waals surface area contributed by atoms with Gasteiger partial charge in [-0.15, -0.1) is 0 Å². The largest absolute Gasteiger partial charge is 0.472 e. The summed E-state index contributed by atoms with van der Waals surface area (Å²) >= 11 is 0. The van der Waals surface area contributed by atoms with E-state index < -0.39 is 32.5 Å². The van der Waals surface area contributed by atoms with Crippen LogP contribution in [0.25, 0.3) is 0 Å². The van der Waals surface area contributed by atoms with E-state index in [4.69, 9.17) is 19.7 Å². The summed E-state index contributed by atoms with van der Waals surface area (Å²) in [6, 6.07) is 0. The highest BCUT2D eigenvalue weighted by Gasteiger charge is 2.25. The van der Waals surface area contributed by atoms with Crippen LogP contribution in [0, 0.1) is 0 Å². The second-order valence-corrected chi connectivity index (χ2v) is 9.98. The first kappa shape index (κ1) is 33.0. The molecule has 0 rings (SSSR count). The van der Waals surface area contributed by atoms with Crippen LogP contribution in [-0.2, 0) is 32.7 Å². The third-order valence-corrected chi connectivity index (χ3v) is 6.28. The number of nitrogens with two attached hydrogens (primary N) is 1. The molecule has 10 heteroatoms. The molecule has 0 heterocycles. The summed E-state index contributed by atoms with van der Waals surface area (Å²) in [4.78, 5) is 33.1. The second-order valence-electron chi connectivity index (χ2n) is 8.53. The van der Waals surface area contributed by atoms with Crippen LogP contribution in [0.4, 0.5) is 0 Å². The Bertz CT molecular complexity index is 561. The summed E-state index contributed by atoms with van der Waals surface area (Å²) in [6.45, 7) is 3.07. The van der Waals surface area contributed by atoms with Crippen molar-refractivity contribution < 1.29 is 37.6 Å². The Hall–Kier alpha value is -0.990. The molecular formula is C24H48NO8P. The van der Waals surface area contributed by atoms with E-state index in [2.05, 4.69) is 11.4 Å². The monoisotopic (exact) mass is 509 g/mol. The Morgan fingerprint density at radius 1 is 0.794 bits per heavy atom. The zero-order valence-corrected chi connectivity index (χ0v) is 22.2. The lowest BCUT2D eigenvalue weighted by Crippen LogP contribution is -2.29. The van der Waals surface area contributed by atoms with E-state index in [9.17, 15) is 19.0 Å². The third-order valence-electron chi connectivity index (χ3n) is 5.30. The number of carbonyl (C=O) groups excluding carboxylic acids is 2. The third kappa shape index (κ3) is 21.5. The average Bonchev–Trinajstić information content (AvgIpc) is 2.82. The molecule has 34 heavy (non-hydrogen) atoms. The van der Waals surface area contributed by atoms with Crippen molar-refractivity contribution in [2.24, 2.45) is 5.73 Å². The zero-order chi connectivity index (χ0) is 25.5. The van der Waals surface area contributed by atoms with E-state index in [-0.39, 0.29) is 32.6 Å². The molecule has 1 unspecified atom stereocenters. The van der Waals surface area contributed by atoms with Crippen molar-refractivity contribution in [3.63, 3.8) is 0 Å². The molecule has 2 atom stereocenters. The summed E-state index contributed by atoms with van der Waals surface area (Å²) in [6.07, 6.45) is 15.3. The number of phosphoric ester groups is 1. The van der Waals surface area contributed by atoms with Crippen LogP contribution in [0.1, 0.15) is 110 Å². The van der Waals surface area contributed by atoms with Crippen LogP contribution in [0.5, 0.6) is 0 Å². The number of esters is 2. The van der Waals surface area contributed by atoms with Crippen molar-refractivity contribution >= 4 is 19.8 Å². The van der Waals surface area contributed by atoms with Crippen molar-refractivity contribution in [1.82, 2.24) is 0 Å². The van der Waals surface area contributed by atoms with Crippen molar-refractivity contribution in [2.45, 2.75) is 116 Å². The van der Waals surface area contributed by atoms with E-state index in [0.29, 0.717) is 0 Å². The summed E-state index contributed by atoms with van der Waals surface area (Å²) in [7, 11) is -4.32. The van der Waals surface area contributed by atoms with Gasteiger partial charge in [0.2, 0.25) is 0 Å².